The van der Waals surface area contributed by atoms with Crippen molar-refractivity contribution in [2.75, 3.05) is 38.1 Å². The number of aromatic nitrogens is 5. The summed E-state index contributed by atoms with van der Waals surface area (Å²) in [5.74, 6) is 1.09. The molecule has 0 radical (unpaired) electrons. The van der Waals surface area contributed by atoms with Crippen LogP contribution in [-0.2, 0) is 24.7 Å². The first-order valence-electron chi connectivity index (χ1n) is 11.2. The number of aryl methyl sites for hydroxylation is 1. The molecule has 0 aliphatic carbocycles. The molecule has 0 saturated carbocycles. The van der Waals surface area contributed by atoms with Crippen molar-refractivity contribution in [2.24, 2.45) is 7.05 Å². The van der Waals surface area contributed by atoms with Crippen molar-refractivity contribution >= 4 is 22.4 Å². The summed E-state index contributed by atoms with van der Waals surface area (Å²) in [7, 11) is 3.99. The molecular weight excluding hydrogens is 414 g/mol. The lowest BCUT2D eigenvalue weighted by Gasteiger charge is -2.33. The number of hydrogen-bond donors (Lipinski definition) is 0. The van der Waals surface area contributed by atoms with Gasteiger partial charge in [-0.2, -0.15) is 0 Å². The van der Waals surface area contributed by atoms with Crippen LogP contribution in [0.25, 0.3) is 22.0 Å². The third-order valence-corrected chi connectivity index (χ3v) is 6.09. The number of pyridine rings is 2. The summed E-state index contributed by atoms with van der Waals surface area (Å²) in [6, 6.07) is 12.1. The van der Waals surface area contributed by atoms with Crippen molar-refractivity contribution in [2.45, 2.75) is 12.8 Å². The lowest BCUT2D eigenvalue weighted by Crippen LogP contribution is -2.44. The maximum atomic E-state index is 12.8. The highest BCUT2D eigenvalue weighted by Gasteiger charge is 2.16. The zero-order chi connectivity index (χ0) is 22.8. The number of anilines is 1. The molecule has 8 nitrogen and oxygen atoms in total. The maximum absolute atomic E-state index is 12.8. The van der Waals surface area contributed by atoms with Gasteiger partial charge in [-0.05, 0) is 42.3 Å². The van der Waals surface area contributed by atoms with Crippen LogP contribution < -0.4 is 4.90 Å². The van der Waals surface area contributed by atoms with Gasteiger partial charge in [-0.15, -0.1) is 5.10 Å². The molecule has 1 aliphatic rings. The van der Waals surface area contributed by atoms with E-state index in [0.29, 0.717) is 12.8 Å². The first-order chi connectivity index (χ1) is 16.0. The first kappa shape index (κ1) is 21.2. The van der Waals surface area contributed by atoms with Gasteiger partial charge < -0.3 is 9.80 Å². The van der Waals surface area contributed by atoms with E-state index < -0.39 is 0 Å². The molecule has 4 aromatic rings. The van der Waals surface area contributed by atoms with Gasteiger partial charge in [0.2, 0.25) is 0 Å². The number of Topliss-reactive ketones (excluding diaryl/α,β-unsaturated/α-hetero) is 1. The first-order valence-corrected chi connectivity index (χ1v) is 11.2. The Morgan fingerprint density at radius 3 is 2.58 bits per heavy atom. The van der Waals surface area contributed by atoms with E-state index in [-0.39, 0.29) is 5.78 Å². The van der Waals surface area contributed by atoms with Gasteiger partial charge in [-0.1, -0.05) is 17.3 Å². The lowest BCUT2D eigenvalue weighted by atomic mass is 10.0. The number of hydrogen-bond acceptors (Lipinski definition) is 7. The van der Waals surface area contributed by atoms with Gasteiger partial charge in [-0.25, -0.2) is 4.98 Å². The molecule has 0 bridgehead atoms. The monoisotopic (exact) mass is 441 g/mol. The van der Waals surface area contributed by atoms with Crippen LogP contribution >= 0.6 is 0 Å². The maximum Gasteiger partial charge on any atom is 0.143 e. The summed E-state index contributed by atoms with van der Waals surface area (Å²) in [6.07, 6.45) is 6.20. The van der Waals surface area contributed by atoms with E-state index in [9.17, 15) is 4.79 Å². The molecule has 0 N–H and O–H groups in total. The predicted octanol–water partition coefficient (Wildman–Crippen LogP) is 2.53. The van der Waals surface area contributed by atoms with Crippen LogP contribution in [0.15, 0.2) is 55.0 Å². The van der Waals surface area contributed by atoms with E-state index >= 15 is 0 Å². The molecule has 0 amide bonds. The summed E-state index contributed by atoms with van der Waals surface area (Å²) >= 11 is 0. The van der Waals surface area contributed by atoms with Crippen LogP contribution in [0.5, 0.6) is 0 Å². The summed E-state index contributed by atoms with van der Waals surface area (Å²) in [5.41, 5.74) is 3.58. The van der Waals surface area contributed by atoms with Gasteiger partial charge in [0.05, 0.1) is 6.20 Å². The van der Waals surface area contributed by atoms with Gasteiger partial charge in [0.15, 0.2) is 0 Å². The standard InChI is InChI=1S/C25H27N7O/c1-30-7-9-32(10-8-30)25-12-18(5-6-26-25)11-23(33)15-22-14-21-13-19(3-4-20(21)16-27-22)24-17-31(2)29-28-24/h3-6,12-14,16-17H,7-11,15H2,1-2H3. The number of fused-ring (bicyclic) bond motifs is 1. The Balaban J connectivity index is 1.28. The molecule has 33 heavy (non-hydrogen) atoms. The fourth-order valence-corrected chi connectivity index (χ4v) is 4.19. The number of likely N-dealkylation sites (N-methyl/N-ethyl adjacent to an activating group) is 1. The Bertz CT molecular complexity index is 1290. The van der Waals surface area contributed by atoms with E-state index in [4.69, 9.17) is 0 Å². The lowest BCUT2D eigenvalue weighted by molar-refractivity contribution is -0.117. The number of rotatable bonds is 6. The summed E-state index contributed by atoms with van der Waals surface area (Å²) in [4.78, 5) is 26.5. The average molecular weight is 442 g/mol. The Hall–Kier alpha value is -3.65. The van der Waals surface area contributed by atoms with Gasteiger partial charge in [0.25, 0.3) is 0 Å². The van der Waals surface area contributed by atoms with Crippen molar-refractivity contribution in [3.8, 4) is 11.3 Å². The van der Waals surface area contributed by atoms with Crippen LogP contribution in [0.4, 0.5) is 5.82 Å². The summed E-state index contributed by atoms with van der Waals surface area (Å²) < 4.78 is 1.68. The van der Waals surface area contributed by atoms with Crippen LogP contribution in [-0.4, -0.2) is 68.9 Å². The van der Waals surface area contributed by atoms with Crippen LogP contribution in [0.1, 0.15) is 11.3 Å². The minimum Gasteiger partial charge on any atom is -0.354 e. The third kappa shape index (κ3) is 4.90. The molecule has 1 aromatic carbocycles. The molecular formula is C25H27N7O. The van der Waals surface area contributed by atoms with Crippen molar-refractivity contribution < 1.29 is 4.79 Å². The molecule has 5 rings (SSSR count). The van der Waals surface area contributed by atoms with Crippen molar-refractivity contribution in [1.29, 1.82) is 0 Å². The van der Waals surface area contributed by atoms with Gasteiger partial charge in [-0.3, -0.25) is 14.5 Å². The molecule has 8 heteroatoms. The van der Waals surface area contributed by atoms with Crippen molar-refractivity contribution in [3.63, 3.8) is 0 Å². The molecule has 0 atom stereocenters. The Labute approximate surface area is 192 Å². The largest absolute Gasteiger partial charge is 0.354 e. The number of benzene rings is 1. The zero-order valence-corrected chi connectivity index (χ0v) is 19.0. The smallest absolute Gasteiger partial charge is 0.143 e. The second-order valence-corrected chi connectivity index (χ2v) is 8.72. The molecule has 1 saturated heterocycles. The predicted molar refractivity (Wildman–Crippen MR) is 128 cm³/mol. The topological polar surface area (TPSA) is 80.0 Å². The number of nitrogens with zero attached hydrogens (tertiary/aromatic N) is 7. The highest BCUT2D eigenvalue weighted by atomic mass is 16.1. The number of piperazine rings is 1. The van der Waals surface area contributed by atoms with E-state index in [1.807, 2.05) is 49.8 Å². The molecule has 0 unspecified atom stereocenters. The Kier molecular flexibility index (Phi) is 5.83. The highest BCUT2D eigenvalue weighted by molar-refractivity contribution is 5.88. The number of carbonyl (C=O) groups excluding carboxylic acids is 1. The van der Waals surface area contributed by atoms with Crippen LogP contribution in [0, 0.1) is 0 Å². The molecule has 1 fully saturated rings. The fraction of sp³-hybridized carbons (Fsp3) is 0.320. The normalized spacial score (nSPS) is 14.7. The van der Waals surface area contributed by atoms with Gasteiger partial charge >= 0.3 is 0 Å². The molecule has 168 valence electrons. The van der Waals surface area contributed by atoms with Gasteiger partial charge in [0, 0.05) is 75.1 Å². The van der Waals surface area contributed by atoms with E-state index in [0.717, 1.165) is 65.3 Å². The second kappa shape index (κ2) is 9.07. The highest BCUT2D eigenvalue weighted by Crippen LogP contribution is 2.23. The van der Waals surface area contributed by atoms with Crippen LogP contribution in [0.2, 0.25) is 0 Å². The molecule has 0 spiro atoms. The quantitative estimate of drug-likeness (QED) is 0.455. The number of carbonyl (C=O) groups is 1. The van der Waals surface area contributed by atoms with E-state index in [1.165, 1.54) is 0 Å². The van der Waals surface area contributed by atoms with E-state index in [1.54, 1.807) is 10.9 Å². The zero-order valence-electron chi connectivity index (χ0n) is 19.0. The molecule has 1 aliphatic heterocycles. The summed E-state index contributed by atoms with van der Waals surface area (Å²) in [6.45, 7) is 3.96. The van der Waals surface area contributed by atoms with E-state index in [2.05, 4.69) is 43.2 Å². The minimum atomic E-state index is 0.141. The summed E-state index contributed by atoms with van der Waals surface area (Å²) in [5, 5.41) is 10.3. The minimum absolute atomic E-state index is 0.141. The average Bonchev–Trinajstić information content (AvgIpc) is 3.25. The van der Waals surface area contributed by atoms with Gasteiger partial charge in [0.1, 0.15) is 17.3 Å². The Morgan fingerprint density at radius 1 is 0.939 bits per heavy atom. The van der Waals surface area contributed by atoms with Crippen LogP contribution in [0.3, 0.4) is 0 Å². The van der Waals surface area contributed by atoms with Crippen molar-refractivity contribution in [3.05, 3.63) is 66.2 Å². The second-order valence-electron chi connectivity index (χ2n) is 8.72. The fourth-order valence-electron chi connectivity index (χ4n) is 4.19. The SMILES string of the molecule is CN1CCN(c2cc(CC(=O)Cc3cc4cc(-c5cn(C)nn5)ccc4cn3)ccn2)CC1. The molecule has 3 aromatic heterocycles. The number of ketones is 1. The molecule has 4 heterocycles. The van der Waals surface area contributed by atoms with Crippen molar-refractivity contribution in [1.82, 2.24) is 29.9 Å². The third-order valence-electron chi connectivity index (χ3n) is 6.09. The Morgan fingerprint density at radius 2 is 1.79 bits per heavy atom.